The molecule has 6 nitrogen and oxygen atoms in total. The summed E-state index contributed by atoms with van der Waals surface area (Å²) in [6.45, 7) is 2.31. The molecule has 2 atom stereocenters. The molecule has 1 fully saturated rings. The van der Waals surface area contributed by atoms with Crippen molar-refractivity contribution in [2.24, 2.45) is 5.73 Å². The highest BCUT2D eigenvalue weighted by Crippen LogP contribution is 2.22. The Hall–Kier alpha value is -0.660. The summed E-state index contributed by atoms with van der Waals surface area (Å²) in [6, 6.07) is -0.348. The van der Waals surface area contributed by atoms with Crippen LogP contribution in [0.2, 0.25) is 0 Å². The molecule has 1 heterocycles. The third-order valence-corrected chi connectivity index (χ3v) is 5.14. The van der Waals surface area contributed by atoms with Crippen LogP contribution in [0.5, 0.6) is 0 Å². The second-order valence-corrected chi connectivity index (χ2v) is 6.72. The van der Waals surface area contributed by atoms with Crippen LogP contribution in [0.3, 0.4) is 0 Å². The lowest BCUT2D eigenvalue weighted by Gasteiger charge is -2.36. The Labute approximate surface area is 109 Å². The van der Waals surface area contributed by atoms with E-state index in [1.54, 1.807) is 0 Å². The largest absolute Gasteiger partial charge is 0.469 e. The van der Waals surface area contributed by atoms with Gasteiger partial charge in [-0.15, -0.1) is 0 Å². The Morgan fingerprint density at radius 1 is 1.50 bits per heavy atom. The first-order valence-corrected chi connectivity index (χ1v) is 7.81. The predicted molar refractivity (Wildman–Crippen MR) is 68.4 cm³/mol. The molecule has 0 bridgehead atoms. The molecule has 0 radical (unpaired) electrons. The van der Waals surface area contributed by atoms with Gasteiger partial charge in [0.15, 0.2) is 0 Å². The first-order valence-electron chi connectivity index (χ1n) is 6.20. The second-order valence-electron chi connectivity index (χ2n) is 4.68. The second kappa shape index (κ2) is 6.49. The highest BCUT2D eigenvalue weighted by Gasteiger charge is 2.34. The fraction of sp³-hybridized carbons (Fsp3) is 0.909. The Kier molecular flexibility index (Phi) is 5.55. The van der Waals surface area contributed by atoms with Crippen molar-refractivity contribution in [2.75, 3.05) is 19.4 Å². The molecule has 1 saturated heterocycles. The molecule has 106 valence electrons. The van der Waals surface area contributed by atoms with Gasteiger partial charge in [-0.05, 0) is 19.8 Å². The maximum absolute atomic E-state index is 12.2. The Morgan fingerprint density at radius 2 is 2.17 bits per heavy atom. The summed E-state index contributed by atoms with van der Waals surface area (Å²) in [5.74, 6) is -0.712. The van der Waals surface area contributed by atoms with Gasteiger partial charge in [0.05, 0.1) is 19.3 Å². The standard InChI is InChI=1S/C11H22N2O4S/c1-9(12)10-5-3-4-7-13(10)18(15,16)8-6-11(14)17-2/h9-10H,3-8,12H2,1-2H3. The summed E-state index contributed by atoms with van der Waals surface area (Å²) in [5.41, 5.74) is 5.84. The number of carbonyl (C=O) groups is 1. The van der Waals surface area contributed by atoms with E-state index in [4.69, 9.17) is 5.73 Å². The van der Waals surface area contributed by atoms with E-state index in [-0.39, 0.29) is 24.3 Å². The van der Waals surface area contributed by atoms with Gasteiger partial charge in [-0.1, -0.05) is 6.42 Å². The maximum atomic E-state index is 12.2. The monoisotopic (exact) mass is 278 g/mol. The molecule has 1 rings (SSSR count). The molecule has 0 spiro atoms. The molecule has 2 N–H and O–H groups in total. The van der Waals surface area contributed by atoms with Crippen LogP contribution in [-0.4, -0.2) is 50.2 Å². The highest BCUT2D eigenvalue weighted by molar-refractivity contribution is 7.89. The summed E-state index contributed by atoms with van der Waals surface area (Å²) in [4.78, 5) is 11.0. The molecule has 2 unspecified atom stereocenters. The van der Waals surface area contributed by atoms with Gasteiger partial charge in [0.2, 0.25) is 10.0 Å². The van der Waals surface area contributed by atoms with Crippen LogP contribution < -0.4 is 5.73 Å². The Morgan fingerprint density at radius 3 is 2.72 bits per heavy atom. The topological polar surface area (TPSA) is 89.7 Å². The van der Waals surface area contributed by atoms with Gasteiger partial charge in [-0.25, -0.2) is 8.42 Å². The number of esters is 1. The minimum atomic E-state index is -3.43. The molecule has 1 aliphatic rings. The number of nitrogens with zero attached hydrogens (tertiary/aromatic N) is 1. The zero-order valence-electron chi connectivity index (χ0n) is 11.0. The predicted octanol–water partition coefficient (Wildman–Crippen LogP) is 0.0810. The molecule has 0 aromatic rings. The lowest BCUT2D eigenvalue weighted by atomic mass is 10.00. The van der Waals surface area contributed by atoms with Crippen molar-refractivity contribution in [2.45, 2.75) is 44.7 Å². The van der Waals surface area contributed by atoms with E-state index in [0.717, 1.165) is 19.3 Å². The molecule has 0 aromatic heterocycles. The minimum absolute atomic E-state index is 0.110. The van der Waals surface area contributed by atoms with E-state index in [1.807, 2.05) is 6.92 Å². The summed E-state index contributed by atoms with van der Waals surface area (Å²) in [5, 5.41) is 0. The van der Waals surface area contributed by atoms with Crippen molar-refractivity contribution in [1.82, 2.24) is 4.31 Å². The van der Waals surface area contributed by atoms with Crippen molar-refractivity contribution in [3.63, 3.8) is 0 Å². The normalized spacial score (nSPS) is 23.6. The van der Waals surface area contributed by atoms with E-state index in [0.29, 0.717) is 6.54 Å². The highest BCUT2D eigenvalue weighted by atomic mass is 32.2. The van der Waals surface area contributed by atoms with E-state index in [2.05, 4.69) is 4.74 Å². The maximum Gasteiger partial charge on any atom is 0.306 e. The van der Waals surface area contributed by atoms with Crippen LogP contribution in [0.25, 0.3) is 0 Å². The van der Waals surface area contributed by atoms with Crippen molar-refractivity contribution < 1.29 is 17.9 Å². The number of piperidine rings is 1. The van der Waals surface area contributed by atoms with E-state index in [9.17, 15) is 13.2 Å². The Balaban J connectivity index is 2.72. The molecular formula is C11H22N2O4S. The zero-order valence-corrected chi connectivity index (χ0v) is 11.8. The quantitative estimate of drug-likeness (QED) is 0.719. The van der Waals surface area contributed by atoms with Gasteiger partial charge in [-0.3, -0.25) is 4.79 Å². The van der Waals surface area contributed by atoms with Gasteiger partial charge in [0, 0.05) is 18.6 Å². The molecular weight excluding hydrogens is 256 g/mol. The zero-order chi connectivity index (χ0) is 13.8. The van der Waals surface area contributed by atoms with Crippen molar-refractivity contribution in [1.29, 1.82) is 0 Å². The van der Waals surface area contributed by atoms with Crippen LogP contribution in [0.4, 0.5) is 0 Å². The number of ether oxygens (including phenoxy) is 1. The average Bonchev–Trinajstić information content (AvgIpc) is 2.36. The van der Waals surface area contributed by atoms with Crippen LogP contribution in [0.1, 0.15) is 32.6 Å². The molecule has 0 aliphatic carbocycles. The van der Waals surface area contributed by atoms with Crippen LogP contribution >= 0.6 is 0 Å². The third kappa shape index (κ3) is 3.93. The molecule has 0 amide bonds. The van der Waals surface area contributed by atoms with Gasteiger partial charge in [0.25, 0.3) is 0 Å². The lowest BCUT2D eigenvalue weighted by Crippen LogP contribution is -2.52. The first kappa shape index (κ1) is 15.4. The SMILES string of the molecule is COC(=O)CCS(=O)(=O)N1CCCCC1C(C)N. The number of carbonyl (C=O) groups excluding carboxylic acids is 1. The van der Waals surface area contributed by atoms with E-state index >= 15 is 0 Å². The van der Waals surface area contributed by atoms with Gasteiger partial charge in [0.1, 0.15) is 0 Å². The number of hydrogen-bond donors (Lipinski definition) is 1. The molecule has 1 aliphatic heterocycles. The number of nitrogens with two attached hydrogens (primary N) is 1. The van der Waals surface area contributed by atoms with Crippen molar-refractivity contribution in [3.8, 4) is 0 Å². The first-order chi connectivity index (χ1) is 8.38. The molecule has 18 heavy (non-hydrogen) atoms. The molecule has 7 heteroatoms. The van der Waals surface area contributed by atoms with Crippen molar-refractivity contribution >= 4 is 16.0 Å². The van der Waals surface area contributed by atoms with Gasteiger partial charge < -0.3 is 10.5 Å². The van der Waals surface area contributed by atoms with Crippen LogP contribution in [0, 0.1) is 0 Å². The van der Waals surface area contributed by atoms with Gasteiger partial charge in [-0.2, -0.15) is 4.31 Å². The fourth-order valence-electron chi connectivity index (χ4n) is 2.23. The minimum Gasteiger partial charge on any atom is -0.469 e. The van der Waals surface area contributed by atoms with Crippen molar-refractivity contribution in [3.05, 3.63) is 0 Å². The number of rotatable bonds is 5. The van der Waals surface area contributed by atoms with E-state index in [1.165, 1.54) is 11.4 Å². The summed E-state index contributed by atoms with van der Waals surface area (Å²) in [7, 11) is -2.18. The number of hydrogen-bond acceptors (Lipinski definition) is 5. The number of methoxy groups -OCH3 is 1. The average molecular weight is 278 g/mol. The summed E-state index contributed by atoms with van der Waals surface area (Å²) < 4.78 is 30.3. The number of sulfonamides is 1. The summed E-state index contributed by atoms with van der Waals surface area (Å²) in [6.07, 6.45) is 2.52. The fourth-order valence-corrected chi connectivity index (χ4v) is 4.01. The third-order valence-electron chi connectivity index (χ3n) is 3.25. The lowest BCUT2D eigenvalue weighted by molar-refractivity contribution is -0.140. The van der Waals surface area contributed by atoms with E-state index < -0.39 is 16.0 Å². The van der Waals surface area contributed by atoms with Crippen LogP contribution in [-0.2, 0) is 19.6 Å². The Bertz CT molecular complexity index is 381. The van der Waals surface area contributed by atoms with Gasteiger partial charge >= 0.3 is 5.97 Å². The molecule has 0 saturated carbocycles. The summed E-state index contributed by atoms with van der Waals surface area (Å²) >= 11 is 0. The molecule has 0 aromatic carbocycles. The smallest absolute Gasteiger partial charge is 0.306 e. The van der Waals surface area contributed by atoms with Crippen LogP contribution in [0.15, 0.2) is 0 Å².